The summed E-state index contributed by atoms with van der Waals surface area (Å²) in [4.78, 5) is 24.4. The number of nitrogens with one attached hydrogen (secondary N) is 2. The molecule has 1 atom stereocenters. The molecule has 0 radical (unpaired) electrons. The Morgan fingerprint density at radius 1 is 1.03 bits per heavy atom. The molecular weight excluding hydrogens is 424 g/mol. The lowest BCUT2D eigenvalue weighted by Gasteiger charge is -2.19. The van der Waals surface area contributed by atoms with Crippen molar-refractivity contribution >= 4 is 39.5 Å². The van der Waals surface area contributed by atoms with Crippen molar-refractivity contribution in [2.75, 3.05) is 10.6 Å². The lowest BCUT2D eigenvalue weighted by Crippen LogP contribution is -2.17. The Kier molecular flexibility index (Phi) is 6.44. The number of rotatable bonds is 7. The van der Waals surface area contributed by atoms with E-state index in [0.717, 1.165) is 33.3 Å². The minimum atomic E-state index is -0.163. The van der Waals surface area contributed by atoms with Gasteiger partial charge in [-0.05, 0) is 56.0 Å². The summed E-state index contributed by atoms with van der Waals surface area (Å²) < 4.78 is 0. The van der Waals surface area contributed by atoms with Gasteiger partial charge in [0, 0.05) is 32.3 Å². The largest absolute Gasteiger partial charge is 0.342 e. The number of amides is 1. The zero-order valence-corrected chi connectivity index (χ0v) is 19.3. The van der Waals surface area contributed by atoms with E-state index in [9.17, 15) is 4.79 Å². The minimum absolute atomic E-state index is 0.112. The van der Waals surface area contributed by atoms with Crippen LogP contribution >= 0.6 is 22.7 Å². The second-order valence-corrected chi connectivity index (χ2v) is 9.35. The topological polar surface area (TPSA) is 66.9 Å². The van der Waals surface area contributed by atoms with Gasteiger partial charge in [-0.2, -0.15) is 0 Å². The van der Waals surface area contributed by atoms with Gasteiger partial charge >= 0.3 is 0 Å². The second kappa shape index (κ2) is 9.41. The Bertz CT molecular complexity index is 1150. The van der Waals surface area contributed by atoms with E-state index in [-0.39, 0.29) is 11.9 Å². The Hall–Kier alpha value is -3.03. The van der Waals surface area contributed by atoms with Crippen molar-refractivity contribution in [3.05, 3.63) is 92.2 Å². The molecule has 0 spiro atoms. The van der Waals surface area contributed by atoms with Crippen LogP contribution in [0.3, 0.4) is 0 Å². The van der Waals surface area contributed by atoms with Crippen molar-refractivity contribution in [3.8, 4) is 0 Å². The number of hydrogen-bond acceptors (Lipinski definition) is 6. The third-order valence-electron chi connectivity index (χ3n) is 4.82. The van der Waals surface area contributed by atoms with Crippen LogP contribution in [0, 0.1) is 13.8 Å². The molecule has 31 heavy (non-hydrogen) atoms. The maximum Gasteiger partial charge on any atom is 0.256 e. The molecule has 7 heteroatoms. The van der Waals surface area contributed by atoms with Gasteiger partial charge in [0.25, 0.3) is 5.91 Å². The number of nitrogens with zero attached hydrogens (tertiary/aromatic N) is 2. The highest BCUT2D eigenvalue weighted by Crippen LogP contribution is 2.39. The van der Waals surface area contributed by atoms with E-state index in [2.05, 4.69) is 45.0 Å². The van der Waals surface area contributed by atoms with Crippen LogP contribution in [0.2, 0.25) is 0 Å². The third kappa shape index (κ3) is 5.00. The molecular formula is C24H24N4OS2. The van der Waals surface area contributed by atoms with E-state index in [1.165, 1.54) is 4.88 Å². The van der Waals surface area contributed by atoms with Gasteiger partial charge in [-0.25, -0.2) is 9.97 Å². The minimum Gasteiger partial charge on any atom is -0.342 e. The number of carbonyl (C=O) groups is 1. The number of aryl methyl sites for hydroxylation is 3. The van der Waals surface area contributed by atoms with Crippen molar-refractivity contribution in [2.24, 2.45) is 0 Å². The van der Waals surface area contributed by atoms with Gasteiger partial charge in [-0.15, -0.1) is 22.7 Å². The fraction of sp³-hybridized carbons (Fsp3) is 0.208. The van der Waals surface area contributed by atoms with E-state index in [4.69, 9.17) is 0 Å². The van der Waals surface area contributed by atoms with Crippen LogP contribution in [0.1, 0.15) is 50.0 Å². The maximum atomic E-state index is 12.9. The summed E-state index contributed by atoms with van der Waals surface area (Å²) in [7, 11) is 0. The van der Waals surface area contributed by atoms with E-state index >= 15 is 0 Å². The van der Waals surface area contributed by atoms with Gasteiger partial charge in [-0.3, -0.25) is 4.79 Å². The van der Waals surface area contributed by atoms with Gasteiger partial charge in [0.1, 0.15) is 5.00 Å². The number of aromatic nitrogens is 2. The van der Waals surface area contributed by atoms with Crippen LogP contribution in [-0.2, 0) is 6.42 Å². The van der Waals surface area contributed by atoms with Crippen molar-refractivity contribution in [1.29, 1.82) is 0 Å². The third-order valence-corrected chi connectivity index (χ3v) is 6.97. The highest BCUT2D eigenvalue weighted by Gasteiger charge is 2.24. The summed E-state index contributed by atoms with van der Waals surface area (Å²) in [5.74, 6) is 0.472. The molecule has 5 nitrogen and oxygen atoms in total. The van der Waals surface area contributed by atoms with Gasteiger partial charge in [0.15, 0.2) is 0 Å². The molecule has 1 aromatic carbocycles. The molecule has 4 rings (SSSR count). The molecule has 0 saturated heterocycles. The first-order valence-electron chi connectivity index (χ1n) is 10.1. The molecule has 2 N–H and O–H groups in total. The standard InChI is InChI=1S/C24H24N4OS2/c1-4-18-14-19(23(31-18)28-22(29)17-9-6-5-7-10-17)21(20-11-8-12-30-20)27-24-25-15(2)13-16(3)26-24/h5-14,21H,4H2,1-3H3,(H,28,29)(H,25,26,27)/t21-/m1/s1. The fourth-order valence-electron chi connectivity index (χ4n) is 3.39. The highest BCUT2D eigenvalue weighted by atomic mass is 32.1. The predicted molar refractivity (Wildman–Crippen MR) is 129 cm³/mol. The lowest BCUT2D eigenvalue weighted by molar-refractivity contribution is 0.102. The summed E-state index contributed by atoms with van der Waals surface area (Å²) in [6, 6.07) is 17.4. The highest BCUT2D eigenvalue weighted by molar-refractivity contribution is 7.16. The smallest absolute Gasteiger partial charge is 0.256 e. The van der Waals surface area contributed by atoms with Gasteiger partial charge in [0.05, 0.1) is 6.04 Å². The first-order chi connectivity index (χ1) is 15.0. The lowest BCUT2D eigenvalue weighted by atomic mass is 10.1. The van der Waals surface area contributed by atoms with Crippen LogP contribution < -0.4 is 10.6 Å². The monoisotopic (exact) mass is 448 g/mol. The molecule has 0 saturated carbocycles. The van der Waals surface area contributed by atoms with Crippen molar-refractivity contribution in [2.45, 2.75) is 33.2 Å². The molecule has 0 unspecified atom stereocenters. The fourth-order valence-corrected chi connectivity index (χ4v) is 5.21. The summed E-state index contributed by atoms with van der Waals surface area (Å²) >= 11 is 3.29. The SMILES string of the molecule is CCc1cc([C@@H](Nc2nc(C)cc(C)n2)c2cccs2)c(NC(=O)c2ccccc2)s1. The van der Waals surface area contributed by atoms with Crippen LogP contribution in [0.4, 0.5) is 10.9 Å². The number of thiophene rings is 2. The Morgan fingerprint density at radius 2 is 1.77 bits per heavy atom. The molecule has 0 fully saturated rings. The zero-order chi connectivity index (χ0) is 21.8. The van der Waals surface area contributed by atoms with Crippen LogP contribution in [0.25, 0.3) is 0 Å². The normalized spacial score (nSPS) is 11.8. The number of benzene rings is 1. The quantitative estimate of drug-likeness (QED) is 0.351. The number of carbonyl (C=O) groups excluding carboxylic acids is 1. The molecule has 0 bridgehead atoms. The van der Waals surface area contributed by atoms with E-state index in [0.29, 0.717) is 11.5 Å². The maximum absolute atomic E-state index is 12.9. The van der Waals surface area contributed by atoms with Gasteiger partial charge in [-0.1, -0.05) is 31.2 Å². The van der Waals surface area contributed by atoms with E-state index in [1.54, 1.807) is 22.7 Å². The summed E-state index contributed by atoms with van der Waals surface area (Å²) in [5.41, 5.74) is 3.49. The molecule has 0 aliphatic rings. The Balaban J connectivity index is 1.72. The van der Waals surface area contributed by atoms with Crippen LogP contribution in [0.15, 0.2) is 60.0 Å². The Labute approximate surface area is 190 Å². The molecule has 3 heterocycles. The van der Waals surface area contributed by atoms with Crippen molar-refractivity contribution in [3.63, 3.8) is 0 Å². The zero-order valence-electron chi connectivity index (χ0n) is 17.7. The van der Waals surface area contributed by atoms with Crippen molar-refractivity contribution in [1.82, 2.24) is 9.97 Å². The second-order valence-electron chi connectivity index (χ2n) is 7.24. The molecule has 3 aromatic heterocycles. The van der Waals surface area contributed by atoms with Crippen LogP contribution in [0.5, 0.6) is 0 Å². The van der Waals surface area contributed by atoms with E-state index in [1.807, 2.05) is 56.3 Å². The molecule has 4 aromatic rings. The van der Waals surface area contributed by atoms with Crippen LogP contribution in [-0.4, -0.2) is 15.9 Å². The average molecular weight is 449 g/mol. The summed E-state index contributed by atoms with van der Waals surface area (Å²) in [6.45, 7) is 6.05. The number of anilines is 2. The summed E-state index contributed by atoms with van der Waals surface area (Å²) in [5, 5.41) is 9.56. The molecule has 0 aliphatic heterocycles. The van der Waals surface area contributed by atoms with E-state index < -0.39 is 0 Å². The average Bonchev–Trinajstić information content (AvgIpc) is 3.42. The van der Waals surface area contributed by atoms with Crippen molar-refractivity contribution < 1.29 is 4.79 Å². The molecule has 1 amide bonds. The first-order valence-corrected chi connectivity index (χ1v) is 11.8. The number of hydrogen-bond donors (Lipinski definition) is 2. The van der Waals surface area contributed by atoms with Gasteiger partial charge < -0.3 is 10.6 Å². The first kappa shape index (κ1) is 21.2. The molecule has 0 aliphatic carbocycles. The Morgan fingerprint density at radius 3 is 2.42 bits per heavy atom. The summed E-state index contributed by atoms with van der Waals surface area (Å²) in [6.07, 6.45) is 0.899. The molecule has 158 valence electrons. The van der Waals surface area contributed by atoms with Gasteiger partial charge in [0.2, 0.25) is 5.95 Å². The predicted octanol–water partition coefficient (Wildman–Crippen LogP) is 6.23.